The minimum atomic E-state index is -4.36. The van der Waals surface area contributed by atoms with Crippen molar-refractivity contribution in [2.45, 2.75) is 6.18 Å². The summed E-state index contributed by atoms with van der Waals surface area (Å²) in [6, 6.07) is 5.77. The van der Waals surface area contributed by atoms with Crippen LogP contribution in [0.4, 0.5) is 19.0 Å². The molecule has 94 valence electrons. The maximum Gasteiger partial charge on any atom is 0.417 e. The third-order valence-corrected chi connectivity index (χ3v) is 2.40. The highest BCUT2D eigenvalue weighted by molar-refractivity contribution is 5.62. The van der Waals surface area contributed by atoms with E-state index in [4.69, 9.17) is 0 Å². The van der Waals surface area contributed by atoms with Crippen LogP contribution in [0.25, 0.3) is 11.3 Å². The second-order valence-corrected chi connectivity index (χ2v) is 3.61. The summed E-state index contributed by atoms with van der Waals surface area (Å²) in [5.74, 6) is 0.634. The van der Waals surface area contributed by atoms with Crippen LogP contribution in [0.2, 0.25) is 0 Å². The van der Waals surface area contributed by atoms with Crippen LogP contribution in [0.1, 0.15) is 5.56 Å². The van der Waals surface area contributed by atoms with E-state index in [0.29, 0.717) is 17.1 Å². The molecule has 3 nitrogen and oxygen atoms in total. The first-order valence-corrected chi connectivity index (χ1v) is 5.18. The standard InChI is InChI=1S/C12H10F3N3/c1-16-11-6-8(4-5-17-11)10-3-2-9(7-18-10)12(13,14)15/h2-7H,1H3,(H,16,17). The Balaban J connectivity index is 2.34. The third-order valence-electron chi connectivity index (χ3n) is 2.40. The van der Waals surface area contributed by atoms with Gasteiger partial charge in [0.2, 0.25) is 0 Å². The molecule has 1 N–H and O–H groups in total. The van der Waals surface area contributed by atoms with Crippen molar-refractivity contribution < 1.29 is 13.2 Å². The topological polar surface area (TPSA) is 37.8 Å². The van der Waals surface area contributed by atoms with Crippen LogP contribution < -0.4 is 5.32 Å². The maximum absolute atomic E-state index is 12.4. The Morgan fingerprint density at radius 3 is 2.44 bits per heavy atom. The summed E-state index contributed by atoms with van der Waals surface area (Å²) in [5, 5.41) is 2.85. The first-order valence-electron chi connectivity index (χ1n) is 5.18. The Morgan fingerprint density at radius 2 is 1.89 bits per heavy atom. The van der Waals surface area contributed by atoms with E-state index in [1.54, 1.807) is 25.4 Å². The summed E-state index contributed by atoms with van der Waals surface area (Å²) in [6.07, 6.45) is -1.96. The van der Waals surface area contributed by atoms with Gasteiger partial charge in [-0.05, 0) is 24.3 Å². The number of halogens is 3. The number of hydrogen-bond acceptors (Lipinski definition) is 3. The van der Waals surface area contributed by atoms with Crippen molar-refractivity contribution in [3.05, 3.63) is 42.2 Å². The Morgan fingerprint density at radius 1 is 1.11 bits per heavy atom. The predicted octanol–water partition coefficient (Wildman–Crippen LogP) is 3.20. The number of rotatable bonds is 2. The van der Waals surface area contributed by atoms with Crippen molar-refractivity contribution in [3.63, 3.8) is 0 Å². The highest BCUT2D eigenvalue weighted by Crippen LogP contribution is 2.29. The molecular weight excluding hydrogens is 243 g/mol. The molecule has 6 heteroatoms. The number of anilines is 1. The molecule has 0 fully saturated rings. The first-order chi connectivity index (χ1) is 8.50. The SMILES string of the molecule is CNc1cc(-c2ccc(C(F)(F)F)cn2)ccn1. The molecule has 0 aliphatic rings. The lowest BCUT2D eigenvalue weighted by Crippen LogP contribution is -2.05. The van der Waals surface area contributed by atoms with E-state index in [1.165, 1.54) is 6.07 Å². The third kappa shape index (κ3) is 2.58. The molecule has 0 atom stereocenters. The zero-order chi connectivity index (χ0) is 13.2. The van der Waals surface area contributed by atoms with Crippen LogP contribution in [0.15, 0.2) is 36.7 Å². The molecule has 0 unspecified atom stereocenters. The summed E-state index contributed by atoms with van der Waals surface area (Å²) in [6.45, 7) is 0. The fourth-order valence-corrected chi connectivity index (χ4v) is 1.46. The van der Waals surface area contributed by atoms with Crippen LogP contribution in [0.3, 0.4) is 0 Å². The number of pyridine rings is 2. The van der Waals surface area contributed by atoms with Gasteiger partial charge in [-0.15, -0.1) is 0 Å². The Kier molecular flexibility index (Phi) is 3.18. The predicted molar refractivity (Wildman–Crippen MR) is 62.0 cm³/mol. The summed E-state index contributed by atoms with van der Waals surface area (Å²) in [5.41, 5.74) is 0.430. The number of nitrogens with one attached hydrogen (secondary N) is 1. The number of hydrogen-bond donors (Lipinski definition) is 1. The average molecular weight is 253 g/mol. The Hall–Kier alpha value is -2.11. The second kappa shape index (κ2) is 4.64. The van der Waals surface area contributed by atoms with Crippen molar-refractivity contribution >= 4 is 5.82 Å². The molecule has 0 saturated heterocycles. The highest BCUT2D eigenvalue weighted by Gasteiger charge is 2.30. The summed E-state index contributed by atoms with van der Waals surface area (Å²) >= 11 is 0. The second-order valence-electron chi connectivity index (χ2n) is 3.61. The smallest absolute Gasteiger partial charge is 0.373 e. The van der Waals surface area contributed by atoms with E-state index in [-0.39, 0.29) is 0 Å². The molecule has 0 aliphatic carbocycles. The molecule has 0 aromatic carbocycles. The van der Waals surface area contributed by atoms with E-state index < -0.39 is 11.7 Å². The highest BCUT2D eigenvalue weighted by atomic mass is 19.4. The summed E-state index contributed by atoms with van der Waals surface area (Å²) in [7, 11) is 1.71. The van der Waals surface area contributed by atoms with Crippen molar-refractivity contribution in [3.8, 4) is 11.3 Å². The van der Waals surface area contributed by atoms with Gasteiger partial charge in [0, 0.05) is 25.0 Å². The van der Waals surface area contributed by atoms with E-state index in [0.717, 1.165) is 12.3 Å². The quantitative estimate of drug-likeness (QED) is 0.893. The van der Waals surface area contributed by atoms with Gasteiger partial charge in [-0.1, -0.05) is 0 Å². The zero-order valence-electron chi connectivity index (χ0n) is 9.49. The molecule has 2 heterocycles. The molecule has 0 aliphatic heterocycles. The Labute approximate surface area is 102 Å². The van der Waals surface area contributed by atoms with Gasteiger partial charge >= 0.3 is 6.18 Å². The number of alkyl halides is 3. The summed E-state index contributed by atoms with van der Waals surface area (Å²) in [4.78, 5) is 7.84. The molecule has 2 rings (SSSR count). The van der Waals surface area contributed by atoms with Crippen molar-refractivity contribution in [1.82, 2.24) is 9.97 Å². The zero-order valence-corrected chi connectivity index (χ0v) is 9.49. The van der Waals surface area contributed by atoms with Crippen LogP contribution in [-0.2, 0) is 6.18 Å². The molecule has 0 spiro atoms. The van der Waals surface area contributed by atoms with Crippen LogP contribution in [-0.4, -0.2) is 17.0 Å². The van der Waals surface area contributed by atoms with Crippen molar-refractivity contribution in [1.29, 1.82) is 0 Å². The molecule has 18 heavy (non-hydrogen) atoms. The van der Waals surface area contributed by atoms with E-state index in [2.05, 4.69) is 15.3 Å². The van der Waals surface area contributed by atoms with Gasteiger partial charge in [0.1, 0.15) is 5.82 Å². The largest absolute Gasteiger partial charge is 0.417 e. The van der Waals surface area contributed by atoms with Crippen LogP contribution in [0.5, 0.6) is 0 Å². The normalized spacial score (nSPS) is 11.3. The Bertz CT molecular complexity index is 535. The fourth-order valence-electron chi connectivity index (χ4n) is 1.46. The molecule has 2 aromatic rings. The number of nitrogens with zero attached hydrogens (tertiary/aromatic N) is 2. The molecule has 2 aromatic heterocycles. The molecular formula is C12H10F3N3. The lowest BCUT2D eigenvalue weighted by Gasteiger charge is -2.07. The maximum atomic E-state index is 12.4. The molecule has 0 saturated carbocycles. The number of aromatic nitrogens is 2. The van der Waals surface area contributed by atoms with Gasteiger partial charge in [0.05, 0.1) is 11.3 Å². The summed E-state index contributed by atoms with van der Waals surface area (Å²) < 4.78 is 37.1. The van der Waals surface area contributed by atoms with Crippen molar-refractivity contribution in [2.75, 3.05) is 12.4 Å². The van der Waals surface area contributed by atoms with Crippen LogP contribution >= 0.6 is 0 Å². The van der Waals surface area contributed by atoms with E-state index >= 15 is 0 Å². The van der Waals surface area contributed by atoms with Gasteiger partial charge in [-0.2, -0.15) is 13.2 Å². The average Bonchev–Trinajstić information content (AvgIpc) is 2.38. The van der Waals surface area contributed by atoms with Gasteiger partial charge in [0.15, 0.2) is 0 Å². The lowest BCUT2D eigenvalue weighted by atomic mass is 10.1. The fraction of sp³-hybridized carbons (Fsp3) is 0.167. The minimum Gasteiger partial charge on any atom is -0.373 e. The lowest BCUT2D eigenvalue weighted by molar-refractivity contribution is -0.137. The monoisotopic (exact) mass is 253 g/mol. The van der Waals surface area contributed by atoms with Gasteiger partial charge in [0.25, 0.3) is 0 Å². The first kappa shape index (κ1) is 12.3. The van der Waals surface area contributed by atoms with Crippen LogP contribution in [0, 0.1) is 0 Å². The van der Waals surface area contributed by atoms with Gasteiger partial charge < -0.3 is 5.32 Å². The molecule has 0 bridgehead atoms. The molecule has 0 amide bonds. The minimum absolute atomic E-state index is 0.474. The van der Waals surface area contributed by atoms with Gasteiger partial charge in [-0.25, -0.2) is 4.98 Å². The molecule has 0 radical (unpaired) electrons. The van der Waals surface area contributed by atoms with E-state index in [1.807, 2.05) is 0 Å². The van der Waals surface area contributed by atoms with Crippen molar-refractivity contribution in [2.24, 2.45) is 0 Å². The van der Waals surface area contributed by atoms with E-state index in [9.17, 15) is 13.2 Å². The van der Waals surface area contributed by atoms with Gasteiger partial charge in [-0.3, -0.25) is 4.98 Å².